The minimum atomic E-state index is -0.254. The second-order valence-electron chi connectivity index (χ2n) is 5.47. The molecule has 1 aliphatic heterocycles. The summed E-state index contributed by atoms with van der Waals surface area (Å²) in [4.78, 5) is 0. The minimum Gasteiger partial charge on any atom is -0.381 e. The second kappa shape index (κ2) is 6.92. The molecule has 0 atom stereocenters. The molecule has 0 amide bonds. The van der Waals surface area contributed by atoms with Crippen LogP contribution in [0.25, 0.3) is 5.69 Å². The van der Waals surface area contributed by atoms with E-state index in [-0.39, 0.29) is 5.82 Å². The van der Waals surface area contributed by atoms with Gasteiger partial charge in [0.2, 0.25) is 0 Å². The molecule has 4 nitrogen and oxygen atoms in total. The Morgan fingerprint density at radius 1 is 1.32 bits per heavy atom. The van der Waals surface area contributed by atoms with Crippen molar-refractivity contribution in [2.45, 2.75) is 32.6 Å². The Labute approximate surface area is 130 Å². The molecule has 1 aromatic heterocycles. The first-order chi connectivity index (χ1) is 10.8. The van der Waals surface area contributed by atoms with Crippen LogP contribution >= 0.6 is 0 Å². The Bertz CT molecular complexity index is 639. The molecule has 0 bridgehead atoms. The average molecular weight is 303 g/mol. The van der Waals surface area contributed by atoms with Crippen molar-refractivity contribution in [3.8, 4) is 5.69 Å². The molecule has 0 unspecified atom stereocenters. The molecular weight excluding hydrogens is 281 g/mol. The maximum absolute atomic E-state index is 14.1. The third-order valence-electron chi connectivity index (χ3n) is 3.98. The van der Waals surface area contributed by atoms with Crippen molar-refractivity contribution < 1.29 is 9.13 Å². The summed E-state index contributed by atoms with van der Waals surface area (Å²) in [5, 5.41) is 8.09. The molecule has 22 heavy (non-hydrogen) atoms. The molecule has 0 saturated carbocycles. The van der Waals surface area contributed by atoms with Crippen LogP contribution in [0.2, 0.25) is 0 Å². The normalized spacial score (nSPS) is 14.3. The number of aromatic nitrogens is 2. The highest BCUT2D eigenvalue weighted by molar-refractivity contribution is 5.54. The SMILES string of the molecule is CCOCCc1nn(-c2ccccc2F)c2c1CCCCN2. The largest absolute Gasteiger partial charge is 0.381 e. The van der Waals surface area contributed by atoms with Crippen LogP contribution < -0.4 is 5.32 Å². The lowest BCUT2D eigenvalue weighted by Gasteiger charge is -2.09. The van der Waals surface area contributed by atoms with Gasteiger partial charge in [-0.05, 0) is 38.3 Å². The lowest BCUT2D eigenvalue weighted by molar-refractivity contribution is 0.150. The third-order valence-corrected chi connectivity index (χ3v) is 3.98. The summed E-state index contributed by atoms with van der Waals surface area (Å²) in [5.41, 5.74) is 2.72. The highest BCUT2D eigenvalue weighted by atomic mass is 19.1. The van der Waals surface area contributed by atoms with E-state index < -0.39 is 0 Å². The van der Waals surface area contributed by atoms with Crippen molar-refractivity contribution in [3.63, 3.8) is 0 Å². The van der Waals surface area contributed by atoms with Crippen LogP contribution in [0.3, 0.4) is 0 Å². The fourth-order valence-corrected chi connectivity index (χ4v) is 2.89. The Kier molecular flexibility index (Phi) is 4.73. The number of rotatable bonds is 5. The van der Waals surface area contributed by atoms with Crippen molar-refractivity contribution in [1.82, 2.24) is 9.78 Å². The van der Waals surface area contributed by atoms with Crippen LogP contribution in [0.5, 0.6) is 0 Å². The van der Waals surface area contributed by atoms with E-state index in [0.29, 0.717) is 18.9 Å². The molecule has 1 aromatic carbocycles. The lowest BCUT2D eigenvalue weighted by Crippen LogP contribution is -2.08. The quantitative estimate of drug-likeness (QED) is 0.861. The molecule has 1 N–H and O–H groups in total. The van der Waals surface area contributed by atoms with Gasteiger partial charge in [0.25, 0.3) is 0 Å². The molecule has 2 aromatic rings. The first-order valence-electron chi connectivity index (χ1n) is 7.98. The van der Waals surface area contributed by atoms with Crippen LogP contribution in [0.1, 0.15) is 31.0 Å². The van der Waals surface area contributed by atoms with Gasteiger partial charge in [-0.15, -0.1) is 0 Å². The van der Waals surface area contributed by atoms with E-state index >= 15 is 0 Å². The first kappa shape index (κ1) is 15.0. The van der Waals surface area contributed by atoms with E-state index in [1.807, 2.05) is 13.0 Å². The number of para-hydroxylation sites is 1. The standard InChI is InChI=1S/C17H22FN3O/c1-2-22-12-10-15-13-7-5-6-11-19-17(13)21(20-15)16-9-4-3-8-14(16)18/h3-4,8-9,19H,2,5-7,10-12H2,1H3. The summed E-state index contributed by atoms with van der Waals surface area (Å²) < 4.78 is 21.3. The van der Waals surface area contributed by atoms with E-state index in [9.17, 15) is 4.39 Å². The van der Waals surface area contributed by atoms with Crippen LogP contribution in [-0.4, -0.2) is 29.5 Å². The summed E-state index contributed by atoms with van der Waals surface area (Å²) in [6.45, 7) is 4.24. The van der Waals surface area contributed by atoms with E-state index in [1.165, 1.54) is 11.6 Å². The van der Waals surface area contributed by atoms with Gasteiger partial charge in [0.1, 0.15) is 17.3 Å². The van der Waals surface area contributed by atoms with Crippen LogP contribution in [-0.2, 0) is 17.6 Å². The highest BCUT2D eigenvalue weighted by Gasteiger charge is 2.21. The number of fused-ring (bicyclic) bond motifs is 1. The zero-order chi connectivity index (χ0) is 15.4. The zero-order valence-electron chi connectivity index (χ0n) is 12.9. The smallest absolute Gasteiger partial charge is 0.148 e. The number of anilines is 1. The molecule has 5 heteroatoms. The molecule has 0 spiro atoms. The van der Waals surface area contributed by atoms with Crippen molar-refractivity contribution >= 4 is 5.82 Å². The number of ether oxygens (including phenoxy) is 1. The van der Waals surface area contributed by atoms with E-state index in [4.69, 9.17) is 4.74 Å². The Morgan fingerprint density at radius 3 is 3.00 bits per heavy atom. The highest BCUT2D eigenvalue weighted by Crippen LogP contribution is 2.29. The number of hydrogen-bond acceptors (Lipinski definition) is 3. The van der Waals surface area contributed by atoms with Gasteiger partial charge >= 0.3 is 0 Å². The number of nitrogens with one attached hydrogen (secondary N) is 1. The Morgan fingerprint density at radius 2 is 2.18 bits per heavy atom. The van der Waals surface area contributed by atoms with Crippen LogP contribution in [0.4, 0.5) is 10.2 Å². The summed E-state index contributed by atoms with van der Waals surface area (Å²) in [6, 6.07) is 6.77. The van der Waals surface area contributed by atoms with Crippen molar-refractivity contribution in [3.05, 3.63) is 41.3 Å². The summed E-state index contributed by atoms with van der Waals surface area (Å²) in [6.07, 6.45) is 4.00. The maximum Gasteiger partial charge on any atom is 0.148 e. The number of benzene rings is 1. The molecule has 3 rings (SSSR count). The van der Waals surface area contributed by atoms with Gasteiger partial charge in [-0.3, -0.25) is 0 Å². The van der Waals surface area contributed by atoms with Gasteiger partial charge < -0.3 is 10.1 Å². The summed E-state index contributed by atoms with van der Waals surface area (Å²) in [7, 11) is 0. The maximum atomic E-state index is 14.1. The van der Waals surface area contributed by atoms with Gasteiger partial charge in [0, 0.05) is 25.1 Å². The molecule has 1 aliphatic rings. The van der Waals surface area contributed by atoms with E-state index in [1.54, 1.807) is 16.8 Å². The molecule has 118 valence electrons. The number of hydrogen-bond donors (Lipinski definition) is 1. The molecule has 0 saturated heterocycles. The van der Waals surface area contributed by atoms with Crippen LogP contribution in [0.15, 0.2) is 24.3 Å². The van der Waals surface area contributed by atoms with Crippen molar-refractivity contribution in [2.24, 2.45) is 0 Å². The van der Waals surface area contributed by atoms with Crippen LogP contribution in [0, 0.1) is 5.82 Å². The van der Waals surface area contributed by atoms with Gasteiger partial charge in [0.15, 0.2) is 0 Å². The molecule has 0 fully saturated rings. The topological polar surface area (TPSA) is 39.1 Å². The fraction of sp³-hybridized carbons (Fsp3) is 0.471. The third kappa shape index (κ3) is 2.99. The number of nitrogens with zero attached hydrogens (tertiary/aromatic N) is 2. The van der Waals surface area contributed by atoms with Gasteiger partial charge in [-0.25, -0.2) is 9.07 Å². The van der Waals surface area contributed by atoms with Gasteiger partial charge in [0.05, 0.1) is 12.3 Å². The predicted octanol–water partition coefficient (Wildman–Crippen LogP) is 3.34. The van der Waals surface area contributed by atoms with Gasteiger partial charge in [-0.2, -0.15) is 5.10 Å². The lowest BCUT2D eigenvalue weighted by atomic mass is 10.1. The Balaban J connectivity index is 2.01. The molecule has 2 heterocycles. The number of halogens is 1. The minimum absolute atomic E-state index is 0.254. The summed E-state index contributed by atoms with van der Waals surface area (Å²) in [5.74, 6) is 0.685. The molecule has 0 aliphatic carbocycles. The van der Waals surface area contributed by atoms with Crippen molar-refractivity contribution in [2.75, 3.05) is 25.1 Å². The average Bonchev–Trinajstić information content (AvgIpc) is 2.71. The van der Waals surface area contributed by atoms with E-state index in [2.05, 4.69) is 10.4 Å². The fourth-order valence-electron chi connectivity index (χ4n) is 2.89. The Hall–Kier alpha value is -1.88. The summed E-state index contributed by atoms with van der Waals surface area (Å²) >= 11 is 0. The van der Waals surface area contributed by atoms with Crippen molar-refractivity contribution in [1.29, 1.82) is 0 Å². The monoisotopic (exact) mass is 303 g/mol. The first-order valence-corrected chi connectivity index (χ1v) is 7.98. The van der Waals surface area contributed by atoms with E-state index in [0.717, 1.165) is 43.7 Å². The second-order valence-corrected chi connectivity index (χ2v) is 5.47. The molecular formula is C17H22FN3O. The van der Waals surface area contributed by atoms with Gasteiger partial charge in [-0.1, -0.05) is 12.1 Å². The predicted molar refractivity (Wildman–Crippen MR) is 85.1 cm³/mol. The zero-order valence-corrected chi connectivity index (χ0v) is 12.9. The molecule has 0 radical (unpaired) electrons.